The highest BCUT2D eigenvalue weighted by atomic mass is 16.2. The quantitative estimate of drug-likeness (QED) is 0.682. The second kappa shape index (κ2) is 8.70. The van der Waals surface area contributed by atoms with Gasteiger partial charge in [-0.15, -0.1) is 0 Å². The lowest BCUT2D eigenvalue weighted by Crippen LogP contribution is -2.32. The lowest BCUT2D eigenvalue weighted by molar-refractivity contribution is 0.252. The van der Waals surface area contributed by atoms with Crippen LogP contribution in [0.25, 0.3) is 0 Å². The molecule has 2 heterocycles. The van der Waals surface area contributed by atoms with Gasteiger partial charge < -0.3 is 20.9 Å². The number of hydrogen-bond acceptors (Lipinski definition) is 5. The van der Waals surface area contributed by atoms with E-state index in [1.165, 1.54) is 12.8 Å². The van der Waals surface area contributed by atoms with Gasteiger partial charge in [0.15, 0.2) is 0 Å². The van der Waals surface area contributed by atoms with Gasteiger partial charge in [-0.2, -0.15) is 0 Å². The van der Waals surface area contributed by atoms with Crippen molar-refractivity contribution < 1.29 is 4.79 Å². The topological polar surface area (TPSA) is 82.2 Å². The first-order valence-corrected chi connectivity index (χ1v) is 9.47. The first kappa shape index (κ1) is 18.9. The molecule has 1 aromatic heterocycles. The summed E-state index contributed by atoms with van der Waals surface area (Å²) in [5, 5.41) is 8.99. The number of aryl methyl sites for hydroxylation is 3. The number of aromatic nitrogens is 2. The summed E-state index contributed by atoms with van der Waals surface area (Å²) in [5.74, 6) is 2.52. The van der Waals surface area contributed by atoms with Crippen LogP contribution in [0.4, 0.5) is 22.1 Å². The van der Waals surface area contributed by atoms with Crippen molar-refractivity contribution in [3.63, 3.8) is 0 Å². The number of nitrogens with zero attached hydrogens (tertiary/aromatic N) is 3. The SMILES string of the molecule is Cc1cc(C)cc(NC(=O)NCCNc2cc(N3CCCC3)nc(C)n2)c1. The molecule has 7 nitrogen and oxygen atoms in total. The molecule has 1 fully saturated rings. The van der Waals surface area contributed by atoms with E-state index in [-0.39, 0.29) is 6.03 Å². The Morgan fingerprint density at radius 1 is 1.00 bits per heavy atom. The van der Waals surface area contributed by atoms with E-state index in [4.69, 9.17) is 0 Å². The van der Waals surface area contributed by atoms with Crippen molar-refractivity contribution in [2.75, 3.05) is 41.7 Å². The highest BCUT2D eigenvalue weighted by Crippen LogP contribution is 2.20. The Labute approximate surface area is 160 Å². The largest absolute Gasteiger partial charge is 0.368 e. The zero-order chi connectivity index (χ0) is 19.2. The summed E-state index contributed by atoms with van der Waals surface area (Å²) < 4.78 is 0. The Morgan fingerprint density at radius 3 is 2.41 bits per heavy atom. The summed E-state index contributed by atoms with van der Waals surface area (Å²) in [6, 6.07) is 7.75. The summed E-state index contributed by atoms with van der Waals surface area (Å²) in [6.45, 7) is 9.13. The summed E-state index contributed by atoms with van der Waals surface area (Å²) in [5.41, 5.74) is 3.06. The number of carbonyl (C=O) groups is 1. The van der Waals surface area contributed by atoms with Gasteiger partial charge in [0.05, 0.1) is 0 Å². The van der Waals surface area contributed by atoms with Gasteiger partial charge in [0.25, 0.3) is 0 Å². The third-order valence-corrected chi connectivity index (χ3v) is 4.45. The van der Waals surface area contributed by atoms with Gasteiger partial charge in [-0.1, -0.05) is 6.07 Å². The molecule has 3 N–H and O–H groups in total. The Bertz CT molecular complexity index is 781. The molecule has 0 radical (unpaired) electrons. The van der Waals surface area contributed by atoms with Crippen LogP contribution in [0.1, 0.15) is 29.8 Å². The number of amides is 2. The molecule has 0 aliphatic carbocycles. The second-order valence-electron chi connectivity index (χ2n) is 7.04. The average Bonchev–Trinajstić information content (AvgIpc) is 3.12. The van der Waals surface area contributed by atoms with E-state index in [0.29, 0.717) is 13.1 Å². The molecule has 1 aromatic carbocycles. The molecule has 1 saturated heterocycles. The Kier molecular flexibility index (Phi) is 6.11. The Morgan fingerprint density at radius 2 is 1.70 bits per heavy atom. The van der Waals surface area contributed by atoms with Crippen molar-refractivity contribution in [2.24, 2.45) is 0 Å². The monoisotopic (exact) mass is 368 g/mol. The molecule has 1 aliphatic rings. The van der Waals surface area contributed by atoms with E-state index >= 15 is 0 Å². The zero-order valence-corrected chi connectivity index (χ0v) is 16.3. The molecule has 7 heteroatoms. The number of urea groups is 1. The minimum Gasteiger partial charge on any atom is -0.368 e. The summed E-state index contributed by atoms with van der Waals surface area (Å²) >= 11 is 0. The van der Waals surface area contributed by atoms with E-state index in [1.807, 2.05) is 39.0 Å². The zero-order valence-electron chi connectivity index (χ0n) is 16.3. The van der Waals surface area contributed by atoms with Crippen molar-refractivity contribution in [2.45, 2.75) is 33.6 Å². The minimum absolute atomic E-state index is 0.210. The predicted molar refractivity (Wildman–Crippen MR) is 110 cm³/mol. The molecule has 0 bridgehead atoms. The highest BCUT2D eigenvalue weighted by molar-refractivity contribution is 5.89. The van der Waals surface area contributed by atoms with E-state index in [2.05, 4.69) is 36.9 Å². The van der Waals surface area contributed by atoms with Crippen LogP contribution in [-0.2, 0) is 0 Å². The molecule has 0 unspecified atom stereocenters. The maximum Gasteiger partial charge on any atom is 0.319 e. The second-order valence-corrected chi connectivity index (χ2v) is 7.04. The number of carbonyl (C=O) groups excluding carboxylic acids is 1. The molecule has 3 rings (SSSR count). The van der Waals surface area contributed by atoms with Crippen LogP contribution in [-0.4, -0.2) is 42.2 Å². The first-order chi connectivity index (χ1) is 13.0. The van der Waals surface area contributed by atoms with E-state index < -0.39 is 0 Å². The molecular weight excluding hydrogens is 340 g/mol. The van der Waals surface area contributed by atoms with Crippen molar-refractivity contribution in [3.8, 4) is 0 Å². The molecule has 144 valence electrons. The Balaban J connectivity index is 1.46. The van der Waals surface area contributed by atoms with Gasteiger partial charge >= 0.3 is 6.03 Å². The lowest BCUT2D eigenvalue weighted by atomic mass is 10.1. The number of benzene rings is 1. The minimum atomic E-state index is -0.210. The molecule has 27 heavy (non-hydrogen) atoms. The number of nitrogens with one attached hydrogen (secondary N) is 3. The molecule has 0 spiro atoms. The van der Waals surface area contributed by atoms with Crippen molar-refractivity contribution in [1.29, 1.82) is 0 Å². The molecule has 0 atom stereocenters. The van der Waals surface area contributed by atoms with Crippen LogP contribution < -0.4 is 20.9 Å². The van der Waals surface area contributed by atoms with Gasteiger partial charge in [-0.25, -0.2) is 14.8 Å². The molecule has 2 amide bonds. The third-order valence-electron chi connectivity index (χ3n) is 4.45. The van der Waals surface area contributed by atoms with Crippen molar-refractivity contribution in [1.82, 2.24) is 15.3 Å². The fraction of sp³-hybridized carbons (Fsp3) is 0.450. The van der Waals surface area contributed by atoms with Gasteiger partial charge in [0.2, 0.25) is 0 Å². The lowest BCUT2D eigenvalue weighted by Gasteiger charge is -2.18. The molecular formula is C20H28N6O. The van der Waals surface area contributed by atoms with Crippen LogP contribution in [0.5, 0.6) is 0 Å². The molecule has 0 saturated carbocycles. The van der Waals surface area contributed by atoms with Crippen LogP contribution in [0, 0.1) is 20.8 Å². The van der Waals surface area contributed by atoms with E-state index in [9.17, 15) is 4.79 Å². The fourth-order valence-corrected chi connectivity index (χ4v) is 3.34. The molecule has 2 aromatic rings. The van der Waals surface area contributed by atoms with Gasteiger partial charge in [-0.05, 0) is 56.9 Å². The molecule has 1 aliphatic heterocycles. The van der Waals surface area contributed by atoms with Crippen LogP contribution >= 0.6 is 0 Å². The van der Waals surface area contributed by atoms with Crippen molar-refractivity contribution >= 4 is 23.4 Å². The summed E-state index contributed by atoms with van der Waals surface area (Å²) in [6.07, 6.45) is 2.43. The Hall–Kier alpha value is -2.83. The predicted octanol–water partition coefficient (Wildman–Crippen LogP) is 3.24. The van der Waals surface area contributed by atoms with Crippen LogP contribution in [0.15, 0.2) is 24.3 Å². The fourth-order valence-electron chi connectivity index (χ4n) is 3.34. The van der Waals surface area contributed by atoms with Crippen LogP contribution in [0.3, 0.4) is 0 Å². The van der Waals surface area contributed by atoms with E-state index in [1.54, 1.807) is 0 Å². The maximum absolute atomic E-state index is 12.0. The number of rotatable bonds is 6. The van der Waals surface area contributed by atoms with Crippen molar-refractivity contribution in [3.05, 3.63) is 41.2 Å². The van der Waals surface area contributed by atoms with E-state index in [0.717, 1.165) is 47.4 Å². The first-order valence-electron chi connectivity index (χ1n) is 9.47. The van der Waals surface area contributed by atoms with Crippen LogP contribution in [0.2, 0.25) is 0 Å². The van der Waals surface area contributed by atoms with Gasteiger partial charge in [0, 0.05) is 37.9 Å². The normalized spacial score (nSPS) is 13.5. The highest BCUT2D eigenvalue weighted by Gasteiger charge is 2.15. The average molecular weight is 368 g/mol. The standard InChI is InChI=1S/C20H28N6O/c1-14-10-15(2)12-17(11-14)25-20(27)22-7-6-21-18-13-19(24-16(3)23-18)26-8-4-5-9-26/h10-13H,4-9H2,1-3H3,(H,21,23,24)(H2,22,25,27). The van der Waals surface area contributed by atoms with Gasteiger partial charge in [-0.3, -0.25) is 0 Å². The summed E-state index contributed by atoms with van der Waals surface area (Å²) in [4.78, 5) is 23.3. The van der Waals surface area contributed by atoms with Gasteiger partial charge in [0.1, 0.15) is 17.5 Å². The smallest absolute Gasteiger partial charge is 0.319 e. The third kappa shape index (κ3) is 5.57. The number of hydrogen-bond donors (Lipinski definition) is 3. The maximum atomic E-state index is 12.0. The summed E-state index contributed by atoms with van der Waals surface area (Å²) in [7, 11) is 0. The number of anilines is 3.